The number of carboxylic acids is 1. The van der Waals surface area contributed by atoms with Gasteiger partial charge in [0.2, 0.25) is 15.9 Å². The maximum absolute atomic E-state index is 13.5. The first-order valence-electron chi connectivity index (χ1n) is 11.0. The van der Waals surface area contributed by atoms with Crippen molar-refractivity contribution >= 4 is 28.0 Å². The summed E-state index contributed by atoms with van der Waals surface area (Å²) in [7, 11) is -2.54. The van der Waals surface area contributed by atoms with Crippen molar-refractivity contribution in [2.75, 3.05) is 26.7 Å². The van der Waals surface area contributed by atoms with E-state index in [1.54, 1.807) is 20.8 Å². The molecule has 2 rings (SSSR count). The summed E-state index contributed by atoms with van der Waals surface area (Å²) >= 11 is 0. The van der Waals surface area contributed by atoms with Crippen LogP contribution in [-0.2, 0) is 24.3 Å². The highest BCUT2D eigenvalue weighted by atomic mass is 32.2. The number of amides is 2. The van der Waals surface area contributed by atoms with Gasteiger partial charge in [0.1, 0.15) is 22.6 Å². The Kier molecular flexibility index (Phi) is 8.65. The molecule has 2 atom stereocenters. The number of carbonyl (C=O) groups excluding carboxylic acids is 2. The van der Waals surface area contributed by atoms with Crippen molar-refractivity contribution in [3.63, 3.8) is 0 Å². The molecule has 1 aromatic heterocycles. The van der Waals surface area contributed by atoms with Crippen molar-refractivity contribution in [2.45, 2.75) is 63.6 Å². The lowest BCUT2D eigenvalue weighted by atomic mass is 10.00. The summed E-state index contributed by atoms with van der Waals surface area (Å²) in [6.45, 7) is 8.26. The van der Waals surface area contributed by atoms with Gasteiger partial charge in [0.05, 0.1) is 0 Å². The quantitative estimate of drug-likeness (QED) is 0.599. The number of hydrogen-bond donors (Lipinski definition) is 1. The van der Waals surface area contributed by atoms with Crippen LogP contribution in [0, 0.1) is 5.92 Å². The van der Waals surface area contributed by atoms with Crippen molar-refractivity contribution in [1.29, 1.82) is 0 Å². The van der Waals surface area contributed by atoms with Crippen molar-refractivity contribution in [3.05, 3.63) is 24.5 Å². The van der Waals surface area contributed by atoms with Gasteiger partial charge in [-0.3, -0.25) is 14.7 Å². The molecule has 34 heavy (non-hydrogen) atoms. The van der Waals surface area contributed by atoms with E-state index in [1.165, 1.54) is 36.5 Å². The average molecular weight is 499 g/mol. The van der Waals surface area contributed by atoms with Gasteiger partial charge in [-0.05, 0) is 45.2 Å². The van der Waals surface area contributed by atoms with E-state index in [9.17, 15) is 27.9 Å². The molecule has 0 radical (unpaired) electrons. The van der Waals surface area contributed by atoms with E-state index in [-0.39, 0.29) is 30.3 Å². The van der Waals surface area contributed by atoms with Gasteiger partial charge in [0, 0.05) is 39.1 Å². The number of aliphatic carboxylic acids is 1. The highest BCUT2D eigenvalue weighted by Crippen LogP contribution is 2.23. The number of aromatic nitrogens is 1. The van der Waals surface area contributed by atoms with E-state index in [0.29, 0.717) is 0 Å². The summed E-state index contributed by atoms with van der Waals surface area (Å²) in [4.78, 5) is 44.3. The number of hydrogen-bond acceptors (Lipinski definition) is 7. The average Bonchev–Trinajstić information content (AvgIpc) is 2.75. The molecule has 0 spiro atoms. The smallest absolute Gasteiger partial charge is 0.410 e. The third-order valence-corrected chi connectivity index (χ3v) is 7.16. The molecule has 1 unspecified atom stereocenters. The van der Waals surface area contributed by atoms with Crippen LogP contribution in [0.15, 0.2) is 29.4 Å². The fourth-order valence-electron chi connectivity index (χ4n) is 3.62. The first-order valence-corrected chi connectivity index (χ1v) is 12.5. The molecule has 1 N–H and O–H groups in total. The van der Waals surface area contributed by atoms with Crippen LogP contribution >= 0.6 is 0 Å². The number of rotatable bonds is 7. The number of carbonyl (C=O) groups is 3. The van der Waals surface area contributed by atoms with Crippen LogP contribution in [0.5, 0.6) is 0 Å². The number of piperazine rings is 1. The van der Waals surface area contributed by atoms with Crippen LogP contribution in [0.3, 0.4) is 0 Å². The van der Waals surface area contributed by atoms with Crippen molar-refractivity contribution in [2.24, 2.45) is 5.92 Å². The minimum Gasteiger partial charge on any atom is -0.480 e. The Balaban J connectivity index is 2.30. The first-order chi connectivity index (χ1) is 15.6. The molecule has 11 nitrogen and oxygen atoms in total. The lowest BCUT2D eigenvalue weighted by Gasteiger charge is -2.41. The SMILES string of the molecule is CC(C)CC(C(=O)N1CCN(S(=O)(=O)c2cccnc2)C[C@@H]1C(=O)O)N(C)C(=O)OC(C)(C)C. The minimum atomic E-state index is -3.98. The van der Waals surface area contributed by atoms with Gasteiger partial charge in [-0.15, -0.1) is 0 Å². The second-order valence-corrected chi connectivity index (χ2v) is 11.6. The van der Waals surface area contributed by atoms with Gasteiger partial charge in [0.25, 0.3) is 0 Å². The zero-order chi connectivity index (χ0) is 25.8. The fraction of sp³-hybridized carbons (Fsp3) is 0.636. The fourth-order valence-corrected chi connectivity index (χ4v) is 5.03. The summed E-state index contributed by atoms with van der Waals surface area (Å²) < 4.78 is 32.4. The number of pyridine rings is 1. The molecule has 1 saturated heterocycles. The topological polar surface area (TPSA) is 137 Å². The molecule has 0 aromatic carbocycles. The predicted octanol–water partition coefficient (Wildman–Crippen LogP) is 1.65. The molecule has 0 bridgehead atoms. The number of likely N-dealkylation sites (N-methyl/N-ethyl adjacent to an activating group) is 1. The lowest BCUT2D eigenvalue weighted by Crippen LogP contribution is -2.63. The molecular formula is C22H34N4O7S. The van der Waals surface area contributed by atoms with Gasteiger partial charge in [-0.2, -0.15) is 4.31 Å². The van der Waals surface area contributed by atoms with Crippen LogP contribution in [-0.4, -0.2) is 94.9 Å². The molecule has 2 amide bonds. The van der Waals surface area contributed by atoms with E-state index >= 15 is 0 Å². The Morgan fingerprint density at radius 3 is 2.41 bits per heavy atom. The molecule has 1 aliphatic rings. The first kappa shape index (κ1) is 27.5. The normalized spacial score (nSPS) is 18.4. The Bertz CT molecular complexity index is 992. The summed E-state index contributed by atoms with van der Waals surface area (Å²) in [5.41, 5.74) is -0.771. The standard InChI is InChI=1S/C22H34N4O7S/c1-15(2)12-17(24(6)21(30)33-22(3,4)5)19(27)26-11-10-25(14-18(26)20(28)29)34(31,32)16-8-7-9-23-13-16/h7-9,13,15,17-18H,10-12,14H2,1-6H3,(H,28,29)/t17?,18-/m1/s1. The lowest BCUT2D eigenvalue weighted by molar-refractivity contribution is -0.155. The Hall–Kier alpha value is -2.73. The third kappa shape index (κ3) is 6.66. The zero-order valence-electron chi connectivity index (χ0n) is 20.5. The largest absolute Gasteiger partial charge is 0.480 e. The molecule has 190 valence electrons. The highest BCUT2D eigenvalue weighted by Gasteiger charge is 2.43. The second kappa shape index (κ2) is 10.7. The van der Waals surface area contributed by atoms with E-state index in [4.69, 9.17) is 4.74 Å². The Labute approximate surface area is 200 Å². The van der Waals surface area contributed by atoms with Gasteiger partial charge in [-0.25, -0.2) is 18.0 Å². The van der Waals surface area contributed by atoms with Crippen LogP contribution in [0.4, 0.5) is 4.79 Å². The molecule has 2 heterocycles. The van der Waals surface area contributed by atoms with Crippen molar-refractivity contribution in [1.82, 2.24) is 19.1 Å². The maximum atomic E-state index is 13.5. The predicted molar refractivity (Wildman–Crippen MR) is 123 cm³/mol. The van der Waals surface area contributed by atoms with E-state index in [2.05, 4.69) is 4.98 Å². The van der Waals surface area contributed by atoms with E-state index in [1.807, 2.05) is 13.8 Å². The molecule has 0 aliphatic carbocycles. The van der Waals surface area contributed by atoms with Gasteiger partial charge < -0.3 is 14.7 Å². The number of nitrogens with zero attached hydrogens (tertiary/aromatic N) is 4. The van der Waals surface area contributed by atoms with Gasteiger partial charge >= 0.3 is 12.1 Å². The maximum Gasteiger partial charge on any atom is 0.410 e. The summed E-state index contributed by atoms with van der Waals surface area (Å²) in [6, 6.07) is 0.488. The second-order valence-electron chi connectivity index (χ2n) is 9.67. The molecule has 1 aromatic rings. The van der Waals surface area contributed by atoms with E-state index in [0.717, 1.165) is 9.21 Å². The number of ether oxygens (including phenoxy) is 1. The minimum absolute atomic E-state index is 0.0226. The zero-order valence-corrected chi connectivity index (χ0v) is 21.3. The monoisotopic (exact) mass is 498 g/mol. The Morgan fingerprint density at radius 2 is 1.91 bits per heavy atom. The Morgan fingerprint density at radius 1 is 1.26 bits per heavy atom. The summed E-state index contributed by atoms with van der Waals surface area (Å²) in [5, 5.41) is 9.84. The summed E-state index contributed by atoms with van der Waals surface area (Å²) in [6.07, 6.45) is 2.22. The number of sulfonamides is 1. The third-order valence-electron chi connectivity index (χ3n) is 5.31. The summed E-state index contributed by atoms with van der Waals surface area (Å²) in [5.74, 6) is -1.87. The molecule has 0 saturated carbocycles. The van der Waals surface area contributed by atoms with Crippen LogP contribution in [0.1, 0.15) is 41.0 Å². The van der Waals surface area contributed by atoms with Gasteiger partial charge in [-0.1, -0.05) is 13.8 Å². The van der Waals surface area contributed by atoms with Crippen LogP contribution in [0.2, 0.25) is 0 Å². The van der Waals surface area contributed by atoms with E-state index < -0.39 is 52.2 Å². The molecule has 12 heteroatoms. The molecular weight excluding hydrogens is 464 g/mol. The molecule has 1 aliphatic heterocycles. The molecule has 1 fully saturated rings. The van der Waals surface area contributed by atoms with Crippen molar-refractivity contribution < 1.29 is 32.6 Å². The highest BCUT2D eigenvalue weighted by molar-refractivity contribution is 7.89. The van der Waals surface area contributed by atoms with Crippen LogP contribution < -0.4 is 0 Å². The van der Waals surface area contributed by atoms with Gasteiger partial charge in [0.15, 0.2) is 0 Å². The van der Waals surface area contributed by atoms with Crippen molar-refractivity contribution in [3.8, 4) is 0 Å². The van der Waals surface area contributed by atoms with Crippen LogP contribution in [0.25, 0.3) is 0 Å². The number of carboxylic acid groups (broad SMARTS) is 1.